The Kier molecular flexibility index (Phi) is 10.7. The number of carbonyl (C=O) groups is 3. The van der Waals surface area contributed by atoms with E-state index in [0.717, 1.165) is 0 Å². The minimum atomic E-state index is -1.22. The first kappa shape index (κ1) is 26.4. The Morgan fingerprint density at radius 1 is 0.969 bits per heavy atom. The third kappa shape index (κ3) is 7.90. The number of carboxylic acids is 1. The monoisotopic (exact) mass is 468 g/mol. The van der Waals surface area contributed by atoms with Gasteiger partial charge in [-0.15, -0.1) is 0 Å². The normalized spacial score (nSPS) is 13.7. The van der Waals surface area contributed by atoms with E-state index in [2.05, 4.69) is 10.6 Å². The summed E-state index contributed by atoms with van der Waals surface area (Å²) in [5.74, 6) is -1.57. The zero-order valence-corrected chi connectivity index (χ0v) is 20.8. The summed E-state index contributed by atoms with van der Waals surface area (Å²) < 4.78 is 5.15. The fourth-order valence-corrected chi connectivity index (χ4v) is 3.87. The predicted octanol–water partition coefficient (Wildman–Crippen LogP) is 1.80. The molecule has 1 saturated carbocycles. The minimum Gasteiger partial charge on any atom is -1.00 e. The smallest absolute Gasteiger partial charge is 1.00 e. The molecule has 7 nitrogen and oxygen atoms in total. The van der Waals surface area contributed by atoms with Crippen LogP contribution in [0.25, 0.3) is 0 Å². The molecule has 9 heteroatoms. The SMILES string of the molecule is O=C(COCC(=O)Nc1ccc(Cl)cc1C(=O)O)Nc1ccc(C2CCCCC2)cc1.[H-].[Na+]. The van der Waals surface area contributed by atoms with E-state index in [1.165, 1.54) is 55.9 Å². The van der Waals surface area contributed by atoms with Crippen molar-refractivity contribution < 1.29 is 55.2 Å². The number of anilines is 2. The van der Waals surface area contributed by atoms with E-state index < -0.39 is 18.5 Å². The van der Waals surface area contributed by atoms with Crippen molar-refractivity contribution in [2.45, 2.75) is 38.0 Å². The molecule has 2 aromatic rings. The number of rotatable bonds is 8. The van der Waals surface area contributed by atoms with Gasteiger partial charge >= 0.3 is 35.5 Å². The second-order valence-corrected chi connectivity index (χ2v) is 7.98. The van der Waals surface area contributed by atoms with E-state index in [1.807, 2.05) is 24.3 Å². The number of ether oxygens (including phenoxy) is 1. The van der Waals surface area contributed by atoms with Crippen molar-refractivity contribution in [3.63, 3.8) is 0 Å². The van der Waals surface area contributed by atoms with Crippen LogP contribution in [-0.4, -0.2) is 36.1 Å². The molecule has 0 radical (unpaired) electrons. The number of hydrogen-bond acceptors (Lipinski definition) is 4. The number of nitrogens with one attached hydrogen (secondary N) is 2. The van der Waals surface area contributed by atoms with Crippen molar-refractivity contribution in [3.8, 4) is 0 Å². The van der Waals surface area contributed by atoms with Crippen LogP contribution in [0.1, 0.15) is 55.4 Å². The number of aromatic carboxylic acids is 1. The topological polar surface area (TPSA) is 105 Å². The summed E-state index contributed by atoms with van der Waals surface area (Å²) in [6, 6.07) is 12.0. The summed E-state index contributed by atoms with van der Waals surface area (Å²) in [4.78, 5) is 35.3. The van der Waals surface area contributed by atoms with Gasteiger partial charge in [-0.1, -0.05) is 43.0 Å². The molecule has 166 valence electrons. The second kappa shape index (κ2) is 13.0. The third-order valence-corrected chi connectivity index (χ3v) is 5.46. The minimum absolute atomic E-state index is 0. The van der Waals surface area contributed by atoms with Crippen molar-refractivity contribution in [2.24, 2.45) is 0 Å². The Morgan fingerprint density at radius 3 is 2.22 bits per heavy atom. The van der Waals surface area contributed by atoms with Gasteiger partial charge in [0, 0.05) is 10.7 Å². The third-order valence-electron chi connectivity index (χ3n) is 5.22. The first-order valence-electron chi connectivity index (χ1n) is 10.2. The molecular weight excluding hydrogens is 443 g/mol. The van der Waals surface area contributed by atoms with E-state index in [0.29, 0.717) is 11.6 Å². The van der Waals surface area contributed by atoms with Crippen LogP contribution in [-0.2, 0) is 14.3 Å². The number of carboxylic acid groups (broad SMARTS) is 1. The van der Waals surface area contributed by atoms with Gasteiger partial charge in [-0.25, -0.2) is 4.79 Å². The summed E-state index contributed by atoms with van der Waals surface area (Å²) in [5, 5.41) is 14.6. The molecule has 2 aromatic carbocycles. The molecule has 0 aliphatic heterocycles. The van der Waals surface area contributed by atoms with Crippen molar-refractivity contribution >= 4 is 40.8 Å². The van der Waals surface area contributed by atoms with Gasteiger partial charge in [0.15, 0.2) is 0 Å². The van der Waals surface area contributed by atoms with Crippen molar-refractivity contribution in [3.05, 3.63) is 58.6 Å². The van der Waals surface area contributed by atoms with Crippen LogP contribution in [0.15, 0.2) is 42.5 Å². The maximum absolute atomic E-state index is 12.1. The predicted molar refractivity (Wildman–Crippen MR) is 120 cm³/mol. The Morgan fingerprint density at radius 2 is 1.59 bits per heavy atom. The van der Waals surface area contributed by atoms with Crippen molar-refractivity contribution in [1.29, 1.82) is 0 Å². The van der Waals surface area contributed by atoms with E-state index in [4.69, 9.17) is 16.3 Å². The average molecular weight is 469 g/mol. The Bertz CT molecular complexity index is 952. The van der Waals surface area contributed by atoms with Crippen LogP contribution in [0, 0.1) is 0 Å². The van der Waals surface area contributed by atoms with Gasteiger partial charge in [0.2, 0.25) is 11.8 Å². The van der Waals surface area contributed by atoms with Gasteiger partial charge in [0.05, 0.1) is 11.3 Å². The molecule has 1 aliphatic rings. The fourth-order valence-electron chi connectivity index (χ4n) is 3.70. The molecule has 0 saturated heterocycles. The molecule has 0 aromatic heterocycles. The van der Waals surface area contributed by atoms with E-state index in [-0.39, 0.29) is 59.8 Å². The summed E-state index contributed by atoms with van der Waals surface area (Å²) in [5.41, 5.74) is 1.95. The number of amides is 2. The Hall–Kier alpha value is -1.90. The summed E-state index contributed by atoms with van der Waals surface area (Å²) in [6.45, 7) is -0.695. The van der Waals surface area contributed by atoms with Crippen LogP contribution in [0.4, 0.5) is 11.4 Å². The molecule has 0 atom stereocenters. The maximum atomic E-state index is 12.1. The van der Waals surface area contributed by atoms with E-state index >= 15 is 0 Å². The number of hydrogen-bond donors (Lipinski definition) is 3. The standard InChI is InChI=1S/C23H25ClN2O5.Na.H/c24-17-8-11-20(19(12-17)23(29)30)26-22(28)14-31-13-21(27)25-18-9-6-16(7-10-18)15-4-2-1-3-5-15;;/h6-12,15H,1-5,13-14H2,(H,25,27)(H,26,28)(H,29,30);;/q;+1;-1. The number of halogens is 1. The Balaban J connectivity index is 0.00000272. The summed E-state index contributed by atoms with van der Waals surface area (Å²) in [6.07, 6.45) is 6.27. The number of benzene rings is 2. The maximum Gasteiger partial charge on any atom is 1.00 e. The first-order chi connectivity index (χ1) is 14.9. The molecule has 0 spiro atoms. The molecule has 0 bridgehead atoms. The van der Waals surface area contributed by atoms with Gasteiger partial charge in [0.25, 0.3) is 0 Å². The second-order valence-electron chi connectivity index (χ2n) is 7.54. The molecule has 1 aliphatic carbocycles. The molecule has 2 amide bonds. The van der Waals surface area contributed by atoms with Gasteiger partial charge in [0.1, 0.15) is 13.2 Å². The molecular formula is C23H26ClN2NaO5. The zero-order chi connectivity index (χ0) is 22.2. The van der Waals surface area contributed by atoms with Crippen LogP contribution < -0.4 is 40.2 Å². The molecule has 32 heavy (non-hydrogen) atoms. The quantitative estimate of drug-likeness (QED) is 0.512. The fraction of sp³-hybridized carbons (Fsp3) is 0.348. The molecule has 3 N–H and O–H groups in total. The molecule has 0 heterocycles. The molecule has 0 unspecified atom stereocenters. The number of carbonyl (C=O) groups excluding carboxylic acids is 2. The molecule has 1 fully saturated rings. The van der Waals surface area contributed by atoms with Crippen LogP contribution in [0.5, 0.6) is 0 Å². The summed E-state index contributed by atoms with van der Waals surface area (Å²) >= 11 is 5.79. The largest absolute Gasteiger partial charge is 1.00 e. The van der Waals surface area contributed by atoms with Crippen LogP contribution in [0.2, 0.25) is 5.02 Å². The zero-order valence-electron chi connectivity index (χ0n) is 19.0. The van der Waals surface area contributed by atoms with Gasteiger partial charge in [-0.05, 0) is 54.7 Å². The Labute approximate surface area is 215 Å². The van der Waals surface area contributed by atoms with Crippen LogP contribution >= 0.6 is 11.6 Å². The van der Waals surface area contributed by atoms with Crippen molar-refractivity contribution in [1.82, 2.24) is 0 Å². The van der Waals surface area contributed by atoms with Gasteiger partial charge in [-0.2, -0.15) is 0 Å². The summed E-state index contributed by atoms with van der Waals surface area (Å²) in [7, 11) is 0. The van der Waals surface area contributed by atoms with Gasteiger partial charge in [-0.3, -0.25) is 9.59 Å². The van der Waals surface area contributed by atoms with Crippen molar-refractivity contribution in [2.75, 3.05) is 23.8 Å². The van der Waals surface area contributed by atoms with E-state index in [9.17, 15) is 19.5 Å². The average Bonchev–Trinajstić information content (AvgIpc) is 2.76. The first-order valence-corrected chi connectivity index (χ1v) is 10.6. The van der Waals surface area contributed by atoms with Crippen LogP contribution in [0.3, 0.4) is 0 Å². The van der Waals surface area contributed by atoms with E-state index in [1.54, 1.807) is 0 Å². The molecule has 3 rings (SSSR count). The van der Waals surface area contributed by atoms with Gasteiger partial charge < -0.3 is 21.9 Å².